The van der Waals surface area contributed by atoms with E-state index in [4.69, 9.17) is 5.73 Å². The first kappa shape index (κ1) is 22.0. The van der Waals surface area contributed by atoms with Crippen LogP contribution in [0.3, 0.4) is 0 Å². The second kappa shape index (κ2) is 9.89. The molecule has 1 aliphatic carbocycles. The molecule has 0 unspecified atom stereocenters. The van der Waals surface area contributed by atoms with Gasteiger partial charge >= 0.3 is 5.69 Å². The number of ketones is 1. The van der Waals surface area contributed by atoms with Crippen LogP contribution in [0.15, 0.2) is 39.9 Å². The minimum absolute atomic E-state index is 0.0387. The summed E-state index contributed by atoms with van der Waals surface area (Å²) in [6.45, 7) is 5.04. The van der Waals surface area contributed by atoms with Crippen molar-refractivity contribution in [3.05, 3.63) is 62.3 Å². The number of hydrogen-bond donors (Lipinski definition) is 1. The largest absolute Gasteiger partial charge is 0.384 e. The molecule has 1 aliphatic rings. The zero-order valence-electron chi connectivity index (χ0n) is 18.0. The predicted molar refractivity (Wildman–Crippen MR) is 119 cm³/mol. The van der Waals surface area contributed by atoms with Gasteiger partial charge in [0.15, 0.2) is 5.78 Å². The van der Waals surface area contributed by atoms with Crippen LogP contribution in [-0.4, -0.2) is 38.9 Å². The van der Waals surface area contributed by atoms with E-state index in [0.29, 0.717) is 6.04 Å². The Balaban J connectivity index is 1.98. The summed E-state index contributed by atoms with van der Waals surface area (Å²) in [7, 11) is 0. The minimum Gasteiger partial charge on any atom is -0.384 e. The van der Waals surface area contributed by atoms with E-state index in [9.17, 15) is 14.4 Å². The van der Waals surface area contributed by atoms with Gasteiger partial charge in [0, 0.05) is 12.6 Å². The number of anilines is 1. The highest BCUT2D eigenvalue weighted by Gasteiger charge is 2.27. The molecule has 2 N–H and O–H groups in total. The Kier molecular flexibility index (Phi) is 7.26. The number of Topliss-reactive ketones (excluding diaryl/α,β-unsaturated/α-hetero) is 1. The average molecular weight is 413 g/mol. The molecule has 1 saturated carbocycles. The normalized spacial score (nSPS) is 14.9. The maximum Gasteiger partial charge on any atom is 0.332 e. The van der Waals surface area contributed by atoms with Crippen LogP contribution < -0.4 is 17.0 Å². The Morgan fingerprint density at radius 1 is 1.07 bits per heavy atom. The summed E-state index contributed by atoms with van der Waals surface area (Å²) < 4.78 is 2.44. The first-order valence-corrected chi connectivity index (χ1v) is 10.9. The van der Waals surface area contributed by atoms with Crippen molar-refractivity contribution >= 4 is 11.6 Å². The Labute approximate surface area is 177 Å². The van der Waals surface area contributed by atoms with Gasteiger partial charge in [0.2, 0.25) is 0 Å². The van der Waals surface area contributed by atoms with Gasteiger partial charge in [0.05, 0.1) is 13.1 Å². The number of hydrogen-bond acceptors (Lipinski definition) is 5. The predicted octanol–water partition coefficient (Wildman–Crippen LogP) is 2.50. The number of nitrogens with zero attached hydrogens (tertiary/aromatic N) is 3. The molecule has 1 aromatic heterocycles. The number of likely N-dealkylation sites (N-methyl/N-ethyl adjacent to an activating group) is 1. The second-order valence-electron chi connectivity index (χ2n) is 7.94. The van der Waals surface area contributed by atoms with Crippen LogP contribution in [0, 0.1) is 0 Å². The monoisotopic (exact) mass is 412 g/mol. The molecule has 1 aromatic carbocycles. The first-order valence-electron chi connectivity index (χ1n) is 10.9. The van der Waals surface area contributed by atoms with Gasteiger partial charge in [-0.2, -0.15) is 0 Å². The van der Waals surface area contributed by atoms with Crippen LogP contribution in [-0.2, 0) is 13.1 Å². The highest BCUT2D eigenvalue weighted by Crippen LogP contribution is 2.23. The Hall–Kier alpha value is -2.67. The third-order valence-electron chi connectivity index (χ3n) is 6.09. The average Bonchev–Trinajstić information content (AvgIpc) is 2.76. The van der Waals surface area contributed by atoms with Gasteiger partial charge < -0.3 is 5.73 Å². The number of benzene rings is 1. The van der Waals surface area contributed by atoms with E-state index in [0.717, 1.165) is 29.5 Å². The molecule has 0 aliphatic heterocycles. The lowest BCUT2D eigenvalue weighted by molar-refractivity contribution is 0.0866. The van der Waals surface area contributed by atoms with Crippen LogP contribution in [0.5, 0.6) is 0 Å². The summed E-state index contributed by atoms with van der Waals surface area (Å²) in [5, 5.41) is 0. The molecule has 0 saturated heterocycles. The van der Waals surface area contributed by atoms with Crippen molar-refractivity contribution in [2.45, 2.75) is 65.1 Å². The van der Waals surface area contributed by atoms with Gasteiger partial charge in [-0.05, 0) is 31.9 Å². The fourth-order valence-electron chi connectivity index (χ4n) is 4.38. The topological polar surface area (TPSA) is 90.3 Å². The Morgan fingerprint density at radius 3 is 2.33 bits per heavy atom. The lowest BCUT2D eigenvalue weighted by Crippen LogP contribution is -2.46. The van der Waals surface area contributed by atoms with Crippen molar-refractivity contribution in [1.29, 1.82) is 0 Å². The minimum atomic E-state index is -0.589. The third-order valence-corrected chi connectivity index (χ3v) is 6.09. The lowest BCUT2D eigenvalue weighted by Gasteiger charge is -2.33. The van der Waals surface area contributed by atoms with Gasteiger partial charge in [-0.15, -0.1) is 0 Å². The first-order chi connectivity index (χ1) is 14.5. The van der Waals surface area contributed by atoms with E-state index < -0.39 is 11.2 Å². The Morgan fingerprint density at radius 2 is 1.73 bits per heavy atom. The highest BCUT2D eigenvalue weighted by molar-refractivity contribution is 6.01. The highest BCUT2D eigenvalue weighted by atomic mass is 16.2. The molecule has 0 radical (unpaired) electrons. The lowest BCUT2D eigenvalue weighted by atomic mass is 9.94. The summed E-state index contributed by atoms with van der Waals surface area (Å²) in [6.07, 6.45) is 5.72. The zero-order valence-corrected chi connectivity index (χ0v) is 18.0. The molecular weight excluding hydrogens is 380 g/mol. The maximum atomic E-state index is 13.2. The van der Waals surface area contributed by atoms with Crippen LogP contribution in [0.1, 0.15) is 61.9 Å². The van der Waals surface area contributed by atoms with Gasteiger partial charge in [0.1, 0.15) is 11.4 Å². The molecular formula is C23H32N4O3. The third kappa shape index (κ3) is 4.56. The molecule has 1 heterocycles. The Bertz CT molecular complexity index is 988. The number of carbonyl (C=O) groups is 1. The van der Waals surface area contributed by atoms with Crippen molar-refractivity contribution in [2.24, 2.45) is 0 Å². The molecule has 1 fully saturated rings. The fraction of sp³-hybridized carbons (Fsp3) is 0.522. The maximum absolute atomic E-state index is 13.2. The summed E-state index contributed by atoms with van der Waals surface area (Å²) in [4.78, 5) is 41.2. The van der Waals surface area contributed by atoms with Gasteiger partial charge in [-0.25, -0.2) is 4.79 Å². The molecule has 7 nitrogen and oxygen atoms in total. The molecule has 0 bridgehead atoms. The summed E-state index contributed by atoms with van der Waals surface area (Å²) in [6, 6.07) is 9.77. The molecule has 30 heavy (non-hydrogen) atoms. The van der Waals surface area contributed by atoms with Crippen molar-refractivity contribution in [3.8, 4) is 0 Å². The van der Waals surface area contributed by atoms with Gasteiger partial charge in [0.25, 0.3) is 5.56 Å². The number of rotatable bonds is 8. The summed E-state index contributed by atoms with van der Waals surface area (Å²) in [5.74, 6) is -0.350. The molecule has 162 valence electrons. The van der Waals surface area contributed by atoms with Crippen LogP contribution >= 0.6 is 0 Å². The van der Waals surface area contributed by atoms with E-state index in [1.54, 1.807) is 6.92 Å². The van der Waals surface area contributed by atoms with E-state index in [1.165, 1.54) is 23.8 Å². The van der Waals surface area contributed by atoms with Crippen molar-refractivity contribution in [1.82, 2.24) is 14.0 Å². The quantitative estimate of drug-likeness (QED) is 0.673. The van der Waals surface area contributed by atoms with E-state index in [-0.39, 0.29) is 36.8 Å². The molecule has 3 rings (SSSR count). The number of nitrogens with two attached hydrogens (primary N) is 1. The zero-order chi connectivity index (χ0) is 21.7. The molecule has 0 spiro atoms. The second-order valence-corrected chi connectivity index (χ2v) is 7.94. The summed E-state index contributed by atoms with van der Waals surface area (Å²) in [5.41, 5.74) is 6.00. The van der Waals surface area contributed by atoms with E-state index in [1.807, 2.05) is 37.3 Å². The van der Waals surface area contributed by atoms with Crippen LogP contribution in [0.25, 0.3) is 0 Å². The number of carbonyl (C=O) groups excluding carboxylic acids is 1. The van der Waals surface area contributed by atoms with Gasteiger partial charge in [-0.1, -0.05) is 56.5 Å². The SMILES string of the molecule is CCN(CC(=O)c1c(N)n(Cc2ccccc2)c(=O)n(CC)c1=O)C1CCCCC1. The van der Waals surface area contributed by atoms with Crippen molar-refractivity contribution in [2.75, 3.05) is 18.8 Å². The standard InChI is InChI=1S/C23H32N4O3/c1-3-25(18-13-9-6-10-14-18)16-19(28)20-21(24)27(15-17-11-7-5-8-12-17)23(30)26(4-2)22(20)29/h5,7-8,11-12,18H,3-4,6,9-10,13-16,24H2,1-2H3. The fourth-order valence-corrected chi connectivity index (χ4v) is 4.38. The van der Waals surface area contributed by atoms with E-state index >= 15 is 0 Å². The van der Waals surface area contributed by atoms with Crippen LogP contribution in [0.4, 0.5) is 5.82 Å². The van der Waals surface area contributed by atoms with Crippen LogP contribution in [0.2, 0.25) is 0 Å². The van der Waals surface area contributed by atoms with Crippen molar-refractivity contribution < 1.29 is 4.79 Å². The molecule has 7 heteroatoms. The number of aromatic nitrogens is 2. The summed E-state index contributed by atoms with van der Waals surface area (Å²) >= 11 is 0. The molecule has 2 aromatic rings. The molecule has 0 amide bonds. The number of nitrogen functional groups attached to an aromatic ring is 1. The smallest absolute Gasteiger partial charge is 0.332 e. The molecule has 0 atom stereocenters. The van der Waals surface area contributed by atoms with Gasteiger partial charge in [-0.3, -0.25) is 23.6 Å². The van der Waals surface area contributed by atoms with Crippen molar-refractivity contribution in [3.63, 3.8) is 0 Å². The van der Waals surface area contributed by atoms with E-state index in [2.05, 4.69) is 4.90 Å².